The highest BCUT2D eigenvalue weighted by Crippen LogP contribution is 2.18. The number of hydrogen-bond acceptors (Lipinski definition) is 0. The van der Waals surface area contributed by atoms with E-state index in [1.54, 1.807) is 0 Å². The minimum absolute atomic E-state index is 0.657. The summed E-state index contributed by atoms with van der Waals surface area (Å²) in [6.45, 7) is 0. The summed E-state index contributed by atoms with van der Waals surface area (Å²) in [6, 6.07) is 23.0. The molecule has 0 nitrogen and oxygen atoms in total. The number of benzene rings is 3. The van der Waals surface area contributed by atoms with Crippen molar-refractivity contribution >= 4 is 68.8 Å². The minimum Gasteiger partial charge on any atom is -0.149 e. The summed E-state index contributed by atoms with van der Waals surface area (Å²) in [6.07, 6.45) is 0. The Morgan fingerprint density at radius 1 is 0.522 bits per heavy atom. The second-order valence-electron chi connectivity index (χ2n) is 5.19. The molecule has 0 heterocycles. The molecule has 0 aliphatic rings. The standard InChI is InChI=1S/C18H12Cl4Si/c19-13-4-1-7-16(10-13)23(22,17-8-2-5-14(20)11-17)18-9-3-6-15(21)12-18/h1-12H. The molecule has 3 aromatic rings. The number of halogens is 4. The van der Waals surface area contributed by atoms with Crippen LogP contribution in [0.15, 0.2) is 72.8 Å². The van der Waals surface area contributed by atoms with Crippen LogP contribution >= 0.6 is 45.9 Å². The zero-order valence-corrected chi connectivity index (χ0v) is 16.0. The highest BCUT2D eigenvalue weighted by molar-refractivity contribution is 7.40. The van der Waals surface area contributed by atoms with Crippen LogP contribution in [0.4, 0.5) is 0 Å². The van der Waals surface area contributed by atoms with E-state index in [2.05, 4.69) is 0 Å². The lowest BCUT2D eigenvalue weighted by Crippen LogP contribution is -2.62. The van der Waals surface area contributed by atoms with E-state index in [1.165, 1.54) is 0 Å². The Morgan fingerprint density at radius 3 is 1.09 bits per heavy atom. The summed E-state index contributed by atoms with van der Waals surface area (Å²) < 4.78 is 0. The third kappa shape index (κ3) is 3.45. The van der Waals surface area contributed by atoms with Gasteiger partial charge in [-0.2, -0.15) is 0 Å². The second kappa shape index (κ2) is 6.88. The van der Waals surface area contributed by atoms with Gasteiger partial charge in [-0.3, -0.25) is 0 Å². The zero-order chi connectivity index (χ0) is 16.4. The first-order valence-corrected chi connectivity index (χ1v) is 11.1. The summed E-state index contributed by atoms with van der Waals surface area (Å²) >= 11 is 25.9. The maximum atomic E-state index is 7.29. The molecule has 0 aromatic heterocycles. The van der Waals surface area contributed by atoms with E-state index in [4.69, 9.17) is 45.9 Å². The summed E-state index contributed by atoms with van der Waals surface area (Å²) in [5.41, 5.74) is 0. The summed E-state index contributed by atoms with van der Waals surface area (Å²) in [7, 11) is -2.75. The summed E-state index contributed by atoms with van der Waals surface area (Å²) in [5.74, 6) is 0. The van der Waals surface area contributed by atoms with Crippen molar-refractivity contribution in [3.8, 4) is 0 Å². The molecule has 23 heavy (non-hydrogen) atoms. The number of hydrogen-bond donors (Lipinski definition) is 0. The predicted molar refractivity (Wildman–Crippen MR) is 105 cm³/mol. The van der Waals surface area contributed by atoms with E-state index in [-0.39, 0.29) is 0 Å². The third-order valence-electron chi connectivity index (χ3n) is 3.67. The molecule has 3 rings (SSSR count). The Labute approximate surface area is 156 Å². The molecule has 0 radical (unpaired) electrons. The predicted octanol–water partition coefficient (Wildman–Crippen LogP) is 4.85. The fourth-order valence-electron chi connectivity index (χ4n) is 2.61. The van der Waals surface area contributed by atoms with Gasteiger partial charge in [0, 0.05) is 15.1 Å². The highest BCUT2D eigenvalue weighted by Gasteiger charge is 2.38. The molecule has 116 valence electrons. The molecule has 0 N–H and O–H groups in total. The molecule has 0 atom stereocenters. The first-order valence-electron chi connectivity index (χ1n) is 6.97. The normalized spacial score (nSPS) is 11.5. The lowest BCUT2D eigenvalue weighted by molar-refractivity contribution is 1.70. The first-order chi connectivity index (χ1) is 11.0. The van der Waals surface area contributed by atoms with Gasteiger partial charge < -0.3 is 0 Å². The Kier molecular flexibility index (Phi) is 5.05. The van der Waals surface area contributed by atoms with E-state index in [0.717, 1.165) is 15.6 Å². The van der Waals surface area contributed by atoms with Crippen molar-refractivity contribution in [1.29, 1.82) is 0 Å². The van der Waals surface area contributed by atoms with Gasteiger partial charge in [-0.25, -0.2) is 0 Å². The van der Waals surface area contributed by atoms with Crippen LogP contribution in [-0.2, 0) is 0 Å². The molecule has 0 bridgehead atoms. The van der Waals surface area contributed by atoms with Gasteiger partial charge in [-0.1, -0.05) is 71.2 Å². The van der Waals surface area contributed by atoms with Crippen molar-refractivity contribution in [3.05, 3.63) is 87.9 Å². The van der Waals surface area contributed by atoms with Gasteiger partial charge in [0.05, 0.1) is 0 Å². The van der Waals surface area contributed by atoms with Crippen LogP contribution in [0.1, 0.15) is 0 Å². The minimum atomic E-state index is -2.75. The monoisotopic (exact) mass is 396 g/mol. The second-order valence-corrected chi connectivity index (χ2v) is 11.2. The third-order valence-corrected chi connectivity index (χ3v) is 9.66. The van der Waals surface area contributed by atoms with Crippen LogP contribution < -0.4 is 15.6 Å². The molecule has 0 aliphatic carbocycles. The van der Waals surface area contributed by atoms with Crippen molar-refractivity contribution in [2.24, 2.45) is 0 Å². The molecule has 0 spiro atoms. The van der Waals surface area contributed by atoms with Gasteiger partial charge in [0.15, 0.2) is 0 Å². The first kappa shape index (κ1) is 16.9. The van der Waals surface area contributed by atoms with E-state index in [9.17, 15) is 0 Å². The SMILES string of the molecule is Clc1cccc([Si](Cl)(c2cccc(Cl)c2)c2cccc(Cl)c2)c1. The van der Waals surface area contributed by atoms with Gasteiger partial charge in [-0.15, -0.1) is 11.1 Å². The van der Waals surface area contributed by atoms with E-state index < -0.39 is 7.38 Å². The highest BCUT2D eigenvalue weighted by atomic mass is 35.6. The molecular formula is C18H12Cl4Si. The molecule has 0 fully saturated rings. The maximum Gasteiger partial charge on any atom is 0.248 e. The van der Waals surface area contributed by atoms with Crippen LogP contribution in [0.25, 0.3) is 0 Å². The fraction of sp³-hybridized carbons (Fsp3) is 0. The van der Waals surface area contributed by atoms with Crippen LogP contribution in [0.5, 0.6) is 0 Å². The Hall–Kier alpha value is -0.963. The molecule has 0 unspecified atom stereocenters. The average molecular weight is 398 g/mol. The van der Waals surface area contributed by atoms with Gasteiger partial charge in [0.2, 0.25) is 7.38 Å². The van der Waals surface area contributed by atoms with Crippen molar-refractivity contribution < 1.29 is 0 Å². The van der Waals surface area contributed by atoms with E-state index >= 15 is 0 Å². The molecule has 0 saturated heterocycles. The largest absolute Gasteiger partial charge is 0.248 e. The van der Waals surface area contributed by atoms with Gasteiger partial charge in [0.1, 0.15) is 0 Å². The lowest BCUT2D eigenvalue weighted by Gasteiger charge is -2.27. The summed E-state index contributed by atoms with van der Waals surface area (Å²) in [4.78, 5) is 0. The molecule has 0 saturated carbocycles. The van der Waals surface area contributed by atoms with Crippen LogP contribution in [0, 0.1) is 0 Å². The average Bonchev–Trinajstić information content (AvgIpc) is 2.54. The van der Waals surface area contributed by atoms with Gasteiger partial charge in [-0.05, 0) is 52.0 Å². The van der Waals surface area contributed by atoms with Crippen molar-refractivity contribution in [2.45, 2.75) is 0 Å². The topological polar surface area (TPSA) is 0 Å². The summed E-state index contributed by atoms with van der Waals surface area (Å²) in [5, 5.41) is 4.96. The Morgan fingerprint density at radius 2 is 0.826 bits per heavy atom. The van der Waals surface area contributed by atoms with Gasteiger partial charge in [0.25, 0.3) is 0 Å². The molecule has 3 aromatic carbocycles. The Balaban J connectivity index is 2.29. The van der Waals surface area contributed by atoms with Crippen LogP contribution in [0.2, 0.25) is 15.1 Å². The molecule has 0 amide bonds. The van der Waals surface area contributed by atoms with Crippen LogP contribution in [0.3, 0.4) is 0 Å². The van der Waals surface area contributed by atoms with Crippen molar-refractivity contribution in [1.82, 2.24) is 0 Å². The molecule has 5 heteroatoms. The van der Waals surface area contributed by atoms with E-state index in [1.807, 2.05) is 72.8 Å². The Bertz CT molecular complexity index is 737. The van der Waals surface area contributed by atoms with E-state index in [0.29, 0.717) is 15.1 Å². The van der Waals surface area contributed by atoms with Crippen molar-refractivity contribution in [3.63, 3.8) is 0 Å². The molecule has 0 aliphatic heterocycles. The van der Waals surface area contributed by atoms with Crippen LogP contribution in [-0.4, -0.2) is 7.38 Å². The lowest BCUT2D eigenvalue weighted by atomic mass is 10.3. The molecular weight excluding hydrogens is 386 g/mol. The quantitative estimate of drug-likeness (QED) is 0.336. The zero-order valence-electron chi connectivity index (χ0n) is 11.9. The smallest absolute Gasteiger partial charge is 0.149 e. The maximum absolute atomic E-state index is 7.29. The number of rotatable bonds is 3. The van der Waals surface area contributed by atoms with Gasteiger partial charge >= 0.3 is 0 Å². The fourth-order valence-corrected chi connectivity index (χ4v) is 7.55. The van der Waals surface area contributed by atoms with Crippen molar-refractivity contribution in [2.75, 3.05) is 0 Å².